The molecule has 0 spiro atoms. The molecule has 0 radical (unpaired) electrons. The molecule has 0 bridgehead atoms. The van der Waals surface area contributed by atoms with Crippen molar-refractivity contribution >= 4 is 39.3 Å². The van der Waals surface area contributed by atoms with E-state index in [4.69, 9.17) is 4.74 Å². The van der Waals surface area contributed by atoms with Crippen LogP contribution in [0, 0.1) is 0 Å². The van der Waals surface area contributed by atoms with E-state index in [0.717, 1.165) is 40.1 Å². The molecule has 8 nitrogen and oxygen atoms in total. The number of ether oxygens (including phenoxy) is 1. The first kappa shape index (κ1) is 18.9. The molecule has 0 saturated carbocycles. The Hall–Kier alpha value is -4.07. The third-order valence-electron chi connectivity index (χ3n) is 5.20. The number of nitrogens with zero attached hydrogens (tertiary/aromatic N) is 4. The number of hydrogen-bond donors (Lipinski definition) is 3. The molecule has 31 heavy (non-hydrogen) atoms. The highest BCUT2D eigenvalue weighted by atomic mass is 16.5. The molecule has 156 valence electrons. The lowest BCUT2D eigenvalue weighted by atomic mass is 10.1. The van der Waals surface area contributed by atoms with Gasteiger partial charge in [-0.05, 0) is 54.4 Å². The van der Waals surface area contributed by atoms with E-state index in [2.05, 4.69) is 36.8 Å². The Morgan fingerprint density at radius 3 is 2.97 bits per heavy atom. The number of aryl methyl sites for hydroxylation is 1. The molecule has 5 aromatic rings. The van der Waals surface area contributed by atoms with Crippen LogP contribution < -0.4 is 15.4 Å². The predicted molar refractivity (Wildman–Crippen MR) is 123 cm³/mol. The molecule has 0 saturated heterocycles. The van der Waals surface area contributed by atoms with E-state index in [1.54, 1.807) is 13.3 Å². The van der Waals surface area contributed by atoms with Crippen LogP contribution in [-0.4, -0.2) is 38.4 Å². The van der Waals surface area contributed by atoms with Gasteiger partial charge in [0.15, 0.2) is 0 Å². The molecule has 5 rings (SSSR count). The van der Waals surface area contributed by atoms with Gasteiger partial charge in [0.25, 0.3) is 0 Å². The van der Waals surface area contributed by atoms with E-state index in [-0.39, 0.29) is 0 Å². The summed E-state index contributed by atoms with van der Waals surface area (Å²) in [6, 6.07) is 14.0. The van der Waals surface area contributed by atoms with Crippen LogP contribution in [0.4, 0.5) is 17.5 Å². The zero-order valence-corrected chi connectivity index (χ0v) is 17.4. The summed E-state index contributed by atoms with van der Waals surface area (Å²) in [6.07, 6.45) is 6.62. The number of hydrogen-bond acceptors (Lipinski definition) is 6. The van der Waals surface area contributed by atoms with Crippen molar-refractivity contribution in [3.8, 4) is 5.75 Å². The van der Waals surface area contributed by atoms with Crippen LogP contribution in [0.5, 0.6) is 5.75 Å². The first-order chi connectivity index (χ1) is 15.2. The third kappa shape index (κ3) is 4.00. The van der Waals surface area contributed by atoms with Crippen molar-refractivity contribution in [1.29, 1.82) is 0 Å². The Balaban J connectivity index is 1.25. The summed E-state index contributed by atoms with van der Waals surface area (Å²) in [6.45, 7) is 0.716. The summed E-state index contributed by atoms with van der Waals surface area (Å²) in [4.78, 5) is 12.2. The fourth-order valence-corrected chi connectivity index (χ4v) is 3.68. The largest absolute Gasteiger partial charge is 0.497 e. The Morgan fingerprint density at radius 2 is 2.06 bits per heavy atom. The highest BCUT2D eigenvalue weighted by Gasteiger charge is 2.07. The predicted octanol–water partition coefficient (Wildman–Crippen LogP) is 4.25. The van der Waals surface area contributed by atoms with E-state index in [1.165, 1.54) is 10.9 Å². The summed E-state index contributed by atoms with van der Waals surface area (Å²) in [5.74, 6) is 2.17. The minimum atomic E-state index is 0.585. The Bertz CT molecular complexity index is 1350. The van der Waals surface area contributed by atoms with Gasteiger partial charge in [0, 0.05) is 54.2 Å². The zero-order chi connectivity index (χ0) is 21.2. The number of benzene rings is 2. The van der Waals surface area contributed by atoms with Crippen molar-refractivity contribution in [2.24, 2.45) is 7.05 Å². The van der Waals surface area contributed by atoms with Gasteiger partial charge in [-0.25, -0.2) is 4.98 Å². The molecule has 0 aliphatic rings. The van der Waals surface area contributed by atoms with E-state index in [9.17, 15) is 0 Å². The van der Waals surface area contributed by atoms with E-state index < -0.39 is 0 Å². The highest BCUT2D eigenvalue weighted by Crippen LogP contribution is 2.24. The maximum absolute atomic E-state index is 5.35. The normalized spacial score (nSPS) is 11.2. The fraction of sp³-hybridized carbons (Fsp3) is 0.174. The van der Waals surface area contributed by atoms with Crippen molar-refractivity contribution in [1.82, 2.24) is 24.7 Å². The van der Waals surface area contributed by atoms with E-state index in [0.29, 0.717) is 12.5 Å². The van der Waals surface area contributed by atoms with Gasteiger partial charge in [0.2, 0.25) is 5.95 Å². The van der Waals surface area contributed by atoms with E-state index in [1.807, 2.05) is 60.5 Å². The van der Waals surface area contributed by atoms with Gasteiger partial charge in [-0.1, -0.05) is 0 Å². The topological polar surface area (TPSA) is 92.7 Å². The molecule has 3 heterocycles. The van der Waals surface area contributed by atoms with Crippen molar-refractivity contribution < 1.29 is 4.74 Å². The quantitative estimate of drug-likeness (QED) is 0.369. The molecule has 3 N–H and O–H groups in total. The summed E-state index contributed by atoms with van der Waals surface area (Å²) in [5, 5.41) is 13.4. The van der Waals surface area contributed by atoms with Gasteiger partial charge in [0.1, 0.15) is 11.6 Å². The molecule has 0 amide bonds. The van der Waals surface area contributed by atoms with Gasteiger partial charge in [-0.2, -0.15) is 10.1 Å². The van der Waals surface area contributed by atoms with Crippen LogP contribution in [0.3, 0.4) is 0 Å². The van der Waals surface area contributed by atoms with Crippen molar-refractivity contribution in [3.63, 3.8) is 0 Å². The molecule has 8 heteroatoms. The summed E-state index contributed by atoms with van der Waals surface area (Å²) in [7, 11) is 3.60. The summed E-state index contributed by atoms with van der Waals surface area (Å²) >= 11 is 0. The van der Waals surface area contributed by atoms with Crippen LogP contribution in [0.25, 0.3) is 21.8 Å². The first-order valence-corrected chi connectivity index (χ1v) is 10.1. The van der Waals surface area contributed by atoms with Crippen molar-refractivity contribution in [2.45, 2.75) is 6.42 Å². The molecule has 2 aromatic carbocycles. The van der Waals surface area contributed by atoms with Gasteiger partial charge >= 0.3 is 0 Å². The lowest BCUT2D eigenvalue weighted by Gasteiger charge is -2.08. The van der Waals surface area contributed by atoms with Crippen LogP contribution in [0.1, 0.15) is 5.56 Å². The van der Waals surface area contributed by atoms with Gasteiger partial charge in [0.05, 0.1) is 12.6 Å². The van der Waals surface area contributed by atoms with E-state index >= 15 is 0 Å². The lowest BCUT2D eigenvalue weighted by molar-refractivity contribution is 0.415. The highest BCUT2D eigenvalue weighted by molar-refractivity contribution is 5.85. The Labute approximate surface area is 179 Å². The van der Waals surface area contributed by atoms with Crippen LogP contribution in [-0.2, 0) is 13.5 Å². The minimum Gasteiger partial charge on any atom is -0.497 e. The molecule has 0 atom stereocenters. The first-order valence-electron chi connectivity index (χ1n) is 10.1. The van der Waals surface area contributed by atoms with Crippen LogP contribution >= 0.6 is 0 Å². The molecule has 0 unspecified atom stereocenters. The number of rotatable bonds is 7. The number of fused-ring (bicyclic) bond motifs is 2. The number of aromatic nitrogens is 5. The van der Waals surface area contributed by atoms with Gasteiger partial charge in [-0.15, -0.1) is 0 Å². The second-order valence-corrected chi connectivity index (χ2v) is 7.37. The second-order valence-electron chi connectivity index (χ2n) is 7.37. The molecular formula is C23H23N7O. The van der Waals surface area contributed by atoms with Gasteiger partial charge < -0.3 is 20.4 Å². The number of nitrogens with one attached hydrogen (secondary N) is 3. The molecule has 3 aromatic heterocycles. The molecule has 0 aliphatic carbocycles. The SMILES string of the molecule is COc1ccc2[nH]cc(CCNc3nccc(Nc4ccc5cn(C)nc5c4)n3)c2c1. The minimum absolute atomic E-state index is 0.585. The lowest BCUT2D eigenvalue weighted by Crippen LogP contribution is -2.08. The number of anilines is 3. The van der Waals surface area contributed by atoms with Gasteiger partial charge in [-0.3, -0.25) is 4.68 Å². The molecular weight excluding hydrogens is 390 g/mol. The molecule has 0 aliphatic heterocycles. The number of methoxy groups -OCH3 is 1. The maximum Gasteiger partial charge on any atom is 0.224 e. The van der Waals surface area contributed by atoms with Crippen molar-refractivity contribution in [3.05, 3.63) is 66.6 Å². The standard InChI is InChI=1S/C23H23N7O/c1-30-14-16-3-4-17(11-21(16)29-30)27-22-8-10-25-23(28-22)24-9-7-15-13-26-20-6-5-18(31-2)12-19(15)20/h3-6,8,10-14,26H,7,9H2,1-2H3,(H2,24,25,27,28). The van der Waals surface area contributed by atoms with Crippen molar-refractivity contribution in [2.75, 3.05) is 24.3 Å². The maximum atomic E-state index is 5.35. The average molecular weight is 413 g/mol. The number of H-pyrrole nitrogens is 1. The van der Waals surface area contributed by atoms with Crippen LogP contribution in [0.2, 0.25) is 0 Å². The third-order valence-corrected chi connectivity index (χ3v) is 5.20. The summed E-state index contributed by atoms with van der Waals surface area (Å²) < 4.78 is 7.16. The van der Waals surface area contributed by atoms with Crippen LogP contribution in [0.15, 0.2) is 61.1 Å². The molecule has 0 fully saturated rings. The Morgan fingerprint density at radius 1 is 1.13 bits per heavy atom. The smallest absolute Gasteiger partial charge is 0.224 e. The fourth-order valence-electron chi connectivity index (χ4n) is 3.68. The zero-order valence-electron chi connectivity index (χ0n) is 17.4. The monoisotopic (exact) mass is 413 g/mol. The number of aromatic amines is 1. The second kappa shape index (κ2) is 7.98. The summed E-state index contributed by atoms with van der Waals surface area (Å²) in [5.41, 5.74) is 4.20. The average Bonchev–Trinajstić information content (AvgIpc) is 3.35. The Kier molecular flexibility index (Phi) is 4.87.